The van der Waals surface area contributed by atoms with Gasteiger partial charge in [-0.3, -0.25) is 0 Å². The molecule has 2 N–H and O–H groups in total. The Balaban J connectivity index is 2.24. The molecule has 0 saturated carbocycles. The predicted molar refractivity (Wildman–Crippen MR) is 75.9 cm³/mol. The quantitative estimate of drug-likeness (QED) is 0.879. The summed E-state index contributed by atoms with van der Waals surface area (Å²) in [6.45, 7) is 0. The highest BCUT2D eigenvalue weighted by molar-refractivity contribution is 5.34. The van der Waals surface area contributed by atoms with Crippen molar-refractivity contribution in [2.75, 3.05) is 14.2 Å². The van der Waals surface area contributed by atoms with Crippen molar-refractivity contribution in [1.29, 1.82) is 0 Å². The van der Waals surface area contributed by atoms with Gasteiger partial charge in [-0.1, -0.05) is 24.3 Å². The summed E-state index contributed by atoms with van der Waals surface area (Å²) in [5, 5.41) is 20.6. The van der Waals surface area contributed by atoms with Crippen molar-refractivity contribution in [3.63, 3.8) is 0 Å². The second kappa shape index (κ2) is 6.41. The fourth-order valence-corrected chi connectivity index (χ4v) is 2.02. The van der Waals surface area contributed by atoms with E-state index in [-0.39, 0.29) is 0 Å². The molecular weight excluding hydrogens is 256 g/mol. The van der Waals surface area contributed by atoms with Crippen molar-refractivity contribution in [1.82, 2.24) is 0 Å². The lowest BCUT2D eigenvalue weighted by atomic mass is 9.98. The van der Waals surface area contributed by atoms with Crippen molar-refractivity contribution in [2.24, 2.45) is 0 Å². The summed E-state index contributed by atoms with van der Waals surface area (Å²) in [4.78, 5) is 0. The first-order chi connectivity index (χ1) is 9.65. The standard InChI is InChI=1S/C16H18O4/c1-19-13-7-3-5-11(9-13)15(17)16(18)12-6-4-8-14(10-12)20-2/h3-10,15-18H,1-2H3/t15-,16-/m0/s1. The first-order valence-corrected chi connectivity index (χ1v) is 6.29. The van der Waals surface area contributed by atoms with Crippen molar-refractivity contribution in [3.8, 4) is 11.5 Å². The lowest BCUT2D eigenvalue weighted by Gasteiger charge is -2.19. The molecule has 0 bridgehead atoms. The van der Waals surface area contributed by atoms with Gasteiger partial charge in [0, 0.05) is 0 Å². The minimum absolute atomic E-state index is 0.597. The Labute approximate surface area is 118 Å². The summed E-state index contributed by atoms with van der Waals surface area (Å²) in [5.74, 6) is 1.28. The van der Waals surface area contributed by atoms with Gasteiger partial charge in [0.25, 0.3) is 0 Å². The predicted octanol–water partition coefficient (Wildman–Crippen LogP) is 2.47. The van der Waals surface area contributed by atoms with Gasteiger partial charge in [0.05, 0.1) is 14.2 Å². The lowest BCUT2D eigenvalue weighted by Crippen LogP contribution is -2.10. The molecule has 2 aromatic rings. The van der Waals surface area contributed by atoms with Crippen LogP contribution in [0, 0.1) is 0 Å². The number of hydrogen-bond acceptors (Lipinski definition) is 4. The highest BCUT2D eigenvalue weighted by atomic mass is 16.5. The van der Waals surface area contributed by atoms with Crippen LogP contribution < -0.4 is 9.47 Å². The fraction of sp³-hybridized carbons (Fsp3) is 0.250. The SMILES string of the molecule is COc1cccc([C@H](O)[C@@H](O)c2cccc(OC)c2)c1. The molecule has 0 unspecified atom stereocenters. The van der Waals surface area contributed by atoms with Gasteiger partial charge in [0.15, 0.2) is 0 Å². The second-order valence-electron chi connectivity index (χ2n) is 4.44. The number of hydrogen-bond donors (Lipinski definition) is 2. The highest BCUT2D eigenvalue weighted by Gasteiger charge is 2.21. The van der Waals surface area contributed by atoms with E-state index in [9.17, 15) is 10.2 Å². The monoisotopic (exact) mass is 274 g/mol. The van der Waals surface area contributed by atoms with Crippen LogP contribution in [0.15, 0.2) is 48.5 Å². The maximum atomic E-state index is 10.3. The Morgan fingerprint density at radius 2 is 1.15 bits per heavy atom. The van der Waals surface area contributed by atoms with Crippen molar-refractivity contribution in [3.05, 3.63) is 59.7 Å². The summed E-state index contributed by atoms with van der Waals surface area (Å²) < 4.78 is 10.2. The average molecular weight is 274 g/mol. The van der Waals surface area contributed by atoms with Crippen molar-refractivity contribution < 1.29 is 19.7 Å². The molecule has 0 fully saturated rings. The highest BCUT2D eigenvalue weighted by Crippen LogP contribution is 2.31. The molecule has 0 radical (unpaired) electrons. The molecular formula is C16H18O4. The molecule has 0 heterocycles. The minimum Gasteiger partial charge on any atom is -0.497 e. The summed E-state index contributed by atoms with van der Waals surface area (Å²) in [6, 6.07) is 14.0. The van der Waals surface area contributed by atoms with Gasteiger partial charge in [-0.25, -0.2) is 0 Å². The summed E-state index contributed by atoms with van der Waals surface area (Å²) in [5.41, 5.74) is 1.19. The summed E-state index contributed by atoms with van der Waals surface area (Å²) in [7, 11) is 3.12. The van der Waals surface area contributed by atoms with E-state index >= 15 is 0 Å². The van der Waals surface area contributed by atoms with E-state index in [2.05, 4.69) is 0 Å². The van der Waals surface area contributed by atoms with Gasteiger partial charge in [0.1, 0.15) is 23.7 Å². The van der Waals surface area contributed by atoms with Crippen LogP contribution in [0.2, 0.25) is 0 Å². The first kappa shape index (κ1) is 14.4. The van der Waals surface area contributed by atoms with Gasteiger partial charge in [-0.05, 0) is 35.4 Å². The molecule has 4 heteroatoms. The Morgan fingerprint density at radius 3 is 1.50 bits per heavy atom. The molecule has 106 valence electrons. The van der Waals surface area contributed by atoms with E-state index in [1.165, 1.54) is 0 Å². The first-order valence-electron chi connectivity index (χ1n) is 6.29. The zero-order chi connectivity index (χ0) is 14.5. The smallest absolute Gasteiger partial charge is 0.119 e. The Kier molecular flexibility index (Phi) is 4.61. The van der Waals surface area contributed by atoms with Crippen LogP contribution in [0.1, 0.15) is 23.3 Å². The van der Waals surface area contributed by atoms with Crippen LogP contribution in [0.3, 0.4) is 0 Å². The number of rotatable bonds is 5. The molecule has 20 heavy (non-hydrogen) atoms. The Hall–Kier alpha value is -2.04. The third kappa shape index (κ3) is 3.10. The third-order valence-electron chi connectivity index (χ3n) is 3.17. The van der Waals surface area contributed by atoms with Gasteiger partial charge in [-0.15, -0.1) is 0 Å². The normalized spacial score (nSPS) is 13.6. The summed E-state index contributed by atoms with van der Waals surface area (Å²) >= 11 is 0. The number of aliphatic hydroxyl groups excluding tert-OH is 2. The number of ether oxygens (including phenoxy) is 2. The molecule has 0 saturated heterocycles. The van der Waals surface area contributed by atoms with E-state index in [1.54, 1.807) is 62.8 Å². The van der Waals surface area contributed by atoms with Crippen LogP contribution in [-0.4, -0.2) is 24.4 Å². The molecule has 0 amide bonds. The van der Waals surface area contributed by atoms with E-state index in [4.69, 9.17) is 9.47 Å². The second-order valence-corrected chi connectivity index (χ2v) is 4.44. The molecule has 4 nitrogen and oxygen atoms in total. The third-order valence-corrected chi connectivity index (χ3v) is 3.17. The molecule has 2 atom stereocenters. The average Bonchev–Trinajstić information content (AvgIpc) is 2.53. The number of methoxy groups -OCH3 is 2. The van der Waals surface area contributed by atoms with Crippen LogP contribution >= 0.6 is 0 Å². The Bertz CT molecular complexity index is 516. The van der Waals surface area contributed by atoms with Crippen LogP contribution in [-0.2, 0) is 0 Å². The topological polar surface area (TPSA) is 58.9 Å². The lowest BCUT2D eigenvalue weighted by molar-refractivity contribution is 0.0170. The van der Waals surface area contributed by atoms with E-state index in [0.29, 0.717) is 22.6 Å². The van der Waals surface area contributed by atoms with E-state index < -0.39 is 12.2 Å². The van der Waals surface area contributed by atoms with E-state index in [0.717, 1.165) is 0 Å². The zero-order valence-corrected chi connectivity index (χ0v) is 11.5. The zero-order valence-electron chi connectivity index (χ0n) is 11.5. The minimum atomic E-state index is -1.03. The molecule has 0 aromatic heterocycles. The number of benzene rings is 2. The molecule has 0 aliphatic rings. The number of aliphatic hydroxyl groups is 2. The molecule has 0 aliphatic heterocycles. The van der Waals surface area contributed by atoms with Gasteiger partial charge < -0.3 is 19.7 Å². The molecule has 0 aliphatic carbocycles. The van der Waals surface area contributed by atoms with Crippen LogP contribution in [0.25, 0.3) is 0 Å². The van der Waals surface area contributed by atoms with Crippen LogP contribution in [0.4, 0.5) is 0 Å². The largest absolute Gasteiger partial charge is 0.497 e. The summed E-state index contributed by atoms with van der Waals surface area (Å²) in [6.07, 6.45) is -2.06. The van der Waals surface area contributed by atoms with Gasteiger partial charge in [0.2, 0.25) is 0 Å². The maximum Gasteiger partial charge on any atom is 0.119 e. The van der Waals surface area contributed by atoms with Gasteiger partial charge >= 0.3 is 0 Å². The van der Waals surface area contributed by atoms with Crippen LogP contribution in [0.5, 0.6) is 11.5 Å². The van der Waals surface area contributed by atoms with Gasteiger partial charge in [-0.2, -0.15) is 0 Å². The maximum absolute atomic E-state index is 10.3. The molecule has 2 rings (SSSR count). The van der Waals surface area contributed by atoms with Crippen molar-refractivity contribution >= 4 is 0 Å². The van der Waals surface area contributed by atoms with Crippen molar-refractivity contribution in [2.45, 2.75) is 12.2 Å². The van der Waals surface area contributed by atoms with E-state index in [1.807, 2.05) is 0 Å². The molecule has 2 aromatic carbocycles. The molecule has 0 spiro atoms. The fourth-order valence-electron chi connectivity index (χ4n) is 2.02. The Morgan fingerprint density at radius 1 is 0.750 bits per heavy atom.